The highest BCUT2D eigenvalue weighted by Gasteiger charge is 2.11. The number of rotatable bonds is 5. The Morgan fingerprint density at radius 2 is 1.92 bits per heavy atom. The van der Waals surface area contributed by atoms with E-state index in [1.54, 1.807) is 6.20 Å². The van der Waals surface area contributed by atoms with Crippen molar-refractivity contribution in [2.24, 2.45) is 0 Å². The molecule has 0 radical (unpaired) electrons. The summed E-state index contributed by atoms with van der Waals surface area (Å²) < 4.78 is 3.13. The first-order valence-corrected chi connectivity index (χ1v) is 9.11. The van der Waals surface area contributed by atoms with E-state index in [4.69, 9.17) is 4.98 Å². The van der Waals surface area contributed by atoms with Crippen LogP contribution in [0.4, 0.5) is 5.82 Å². The van der Waals surface area contributed by atoms with Gasteiger partial charge in [-0.3, -0.25) is 9.38 Å². The lowest BCUT2D eigenvalue weighted by Gasteiger charge is -2.10. The zero-order valence-corrected chi connectivity index (χ0v) is 15.6. The third-order valence-corrected chi connectivity index (χ3v) is 4.74. The Balaban J connectivity index is 1.65. The molecule has 1 aromatic carbocycles. The molecule has 0 saturated heterocycles. The lowest BCUT2D eigenvalue weighted by Crippen LogP contribution is -2.09. The normalized spacial score (nSPS) is 10.9. The predicted octanol–water partition coefficient (Wildman–Crippen LogP) is 4.05. The second-order valence-electron chi connectivity index (χ2n) is 5.65. The van der Waals surface area contributed by atoms with E-state index in [-0.39, 0.29) is 0 Å². The molecule has 0 fully saturated rings. The van der Waals surface area contributed by atoms with Crippen molar-refractivity contribution in [3.8, 4) is 11.3 Å². The molecule has 4 rings (SSSR count). The first-order valence-electron chi connectivity index (χ1n) is 8.03. The number of aromatic nitrogens is 4. The monoisotopic (exact) mass is 441 g/mol. The summed E-state index contributed by atoms with van der Waals surface area (Å²) in [5, 5.41) is 3.43. The van der Waals surface area contributed by atoms with Crippen LogP contribution in [0, 0.1) is 3.70 Å². The molecule has 3 heterocycles. The van der Waals surface area contributed by atoms with E-state index >= 15 is 0 Å². The quantitative estimate of drug-likeness (QED) is 0.475. The number of nitrogens with zero attached hydrogens (tertiary/aromatic N) is 4. The molecule has 0 aliphatic heterocycles. The van der Waals surface area contributed by atoms with Gasteiger partial charge in [-0.2, -0.15) is 0 Å². The summed E-state index contributed by atoms with van der Waals surface area (Å²) in [5.74, 6) is 0.799. The molecule has 0 unspecified atom stereocenters. The van der Waals surface area contributed by atoms with Crippen molar-refractivity contribution in [3.05, 3.63) is 76.5 Å². The fraction of sp³-hybridized carbons (Fsp3) is 0.105. The van der Waals surface area contributed by atoms with E-state index in [0.717, 1.165) is 39.4 Å². The lowest BCUT2D eigenvalue weighted by molar-refractivity contribution is 0.987. The van der Waals surface area contributed by atoms with E-state index in [1.165, 1.54) is 5.56 Å². The smallest absolute Gasteiger partial charge is 0.180 e. The summed E-state index contributed by atoms with van der Waals surface area (Å²) in [6, 6.07) is 14.2. The molecule has 5 nitrogen and oxygen atoms in total. The van der Waals surface area contributed by atoms with Crippen molar-refractivity contribution >= 4 is 34.1 Å². The minimum atomic E-state index is 0.774. The minimum absolute atomic E-state index is 0.774. The second-order valence-corrected chi connectivity index (χ2v) is 6.76. The Morgan fingerprint density at radius 3 is 2.72 bits per heavy atom. The highest BCUT2D eigenvalue weighted by Crippen LogP contribution is 2.23. The average molecular weight is 441 g/mol. The molecular weight excluding hydrogens is 425 g/mol. The zero-order valence-electron chi connectivity index (χ0n) is 13.4. The van der Waals surface area contributed by atoms with Crippen molar-refractivity contribution in [1.29, 1.82) is 0 Å². The Bertz CT molecular complexity index is 983. The molecule has 0 aliphatic carbocycles. The first-order chi connectivity index (χ1) is 12.3. The van der Waals surface area contributed by atoms with Gasteiger partial charge in [0, 0.05) is 30.7 Å². The minimum Gasteiger partial charge on any atom is -0.367 e. The third-order valence-electron chi connectivity index (χ3n) is 3.95. The number of hydrogen-bond donors (Lipinski definition) is 1. The van der Waals surface area contributed by atoms with Gasteiger partial charge in [-0.25, -0.2) is 9.97 Å². The van der Waals surface area contributed by atoms with E-state index in [1.807, 2.05) is 42.9 Å². The van der Waals surface area contributed by atoms with E-state index < -0.39 is 0 Å². The maximum Gasteiger partial charge on any atom is 0.180 e. The van der Waals surface area contributed by atoms with Crippen molar-refractivity contribution in [2.45, 2.75) is 6.42 Å². The molecule has 0 atom stereocenters. The molecule has 3 aromatic heterocycles. The Hall–Kier alpha value is -2.48. The fourth-order valence-electron chi connectivity index (χ4n) is 2.70. The maximum atomic E-state index is 4.80. The van der Waals surface area contributed by atoms with Gasteiger partial charge in [-0.15, -0.1) is 0 Å². The molecular formula is C19H16IN5. The molecule has 0 bridgehead atoms. The van der Waals surface area contributed by atoms with Gasteiger partial charge < -0.3 is 5.32 Å². The molecule has 124 valence electrons. The standard InChI is InChI=1S/C19H16IN5/c20-17-12-23-19-18(22-10-8-14-5-4-9-21-11-14)24-16(13-25(17)19)15-6-2-1-3-7-15/h1-7,9,11-13H,8,10H2,(H,22,24). The van der Waals surface area contributed by atoms with Crippen LogP contribution in [0.3, 0.4) is 0 Å². The number of pyridine rings is 1. The lowest BCUT2D eigenvalue weighted by atomic mass is 10.2. The van der Waals surface area contributed by atoms with Crippen LogP contribution >= 0.6 is 22.6 Å². The Labute approximate surface area is 159 Å². The molecule has 0 amide bonds. The highest BCUT2D eigenvalue weighted by atomic mass is 127. The van der Waals surface area contributed by atoms with Gasteiger partial charge in [-0.05, 0) is 40.6 Å². The molecule has 0 spiro atoms. The molecule has 4 aromatic rings. The number of anilines is 1. The van der Waals surface area contributed by atoms with Crippen LogP contribution in [-0.2, 0) is 6.42 Å². The molecule has 0 aliphatic rings. The largest absolute Gasteiger partial charge is 0.367 e. The summed E-state index contributed by atoms with van der Waals surface area (Å²) in [4.78, 5) is 13.5. The predicted molar refractivity (Wildman–Crippen MR) is 108 cm³/mol. The summed E-state index contributed by atoms with van der Waals surface area (Å²) in [5.41, 5.74) is 4.05. The van der Waals surface area contributed by atoms with Crippen LogP contribution in [0.25, 0.3) is 16.9 Å². The zero-order chi connectivity index (χ0) is 17.1. The van der Waals surface area contributed by atoms with E-state index in [9.17, 15) is 0 Å². The Morgan fingerprint density at radius 1 is 1.04 bits per heavy atom. The average Bonchev–Trinajstić information content (AvgIpc) is 3.04. The van der Waals surface area contributed by atoms with Crippen LogP contribution in [0.15, 0.2) is 67.3 Å². The van der Waals surface area contributed by atoms with Crippen LogP contribution in [-0.4, -0.2) is 25.9 Å². The van der Waals surface area contributed by atoms with Gasteiger partial charge >= 0.3 is 0 Å². The van der Waals surface area contributed by atoms with Crippen LogP contribution < -0.4 is 5.32 Å². The highest BCUT2D eigenvalue weighted by molar-refractivity contribution is 14.1. The van der Waals surface area contributed by atoms with Gasteiger partial charge in [0.1, 0.15) is 3.70 Å². The number of benzene rings is 1. The van der Waals surface area contributed by atoms with Crippen molar-refractivity contribution in [2.75, 3.05) is 11.9 Å². The summed E-state index contributed by atoms with van der Waals surface area (Å²) in [6.07, 6.45) is 8.46. The topological polar surface area (TPSA) is 55.1 Å². The summed E-state index contributed by atoms with van der Waals surface area (Å²) in [6.45, 7) is 0.774. The van der Waals surface area contributed by atoms with E-state index in [2.05, 4.69) is 60.5 Å². The maximum absolute atomic E-state index is 4.80. The van der Waals surface area contributed by atoms with Crippen molar-refractivity contribution in [3.63, 3.8) is 0 Å². The molecule has 6 heteroatoms. The number of fused-ring (bicyclic) bond motifs is 1. The summed E-state index contributed by atoms with van der Waals surface area (Å²) in [7, 11) is 0. The number of hydrogen-bond acceptors (Lipinski definition) is 4. The second kappa shape index (κ2) is 7.18. The summed E-state index contributed by atoms with van der Waals surface area (Å²) >= 11 is 2.29. The van der Waals surface area contributed by atoms with Crippen molar-refractivity contribution in [1.82, 2.24) is 19.4 Å². The SMILES string of the molecule is Ic1cnc2c(NCCc3cccnc3)nc(-c3ccccc3)cn12. The third kappa shape index (κ3) is 3.48. The van der Waals surface area contributed by atoms with Gasteiger partial charge in [0.15, 0.2) is 11.5 Å². The Kier molecular flexibility index (Phi) is 4.60. The van der Waals surface area contributed by atoms with Gasteiger partial charge in [0.25, 0.3) is 0 Å². The van der Waals surface area contributed by atoms with Gasteiger partial charge in [0.2, 0.25) is 0 Å². The van der Waals surface area contributed by atoms with Crippen molar-refractivity contribution < 1.29 is 0 Å². The van der Waals surface area contributed by atoms with Crippen LogP contribution in [0.5, 0.6) is 0 Å². The molecule has 1 N–H and O–H groups in total. The molecule has 25 heavy (non-hydrogen) atoms. The van der Waals surface area contributed by atoms with Gasteiger partial charge in [0.05, 0.1) is 11.9 Å². The van der Waals surface area contributed by atoms with Gasteiger partial charge in [-0.1, -0.05) is 36.4 Å². The fourth-order valence-corrected chi connectivity index (χ4v) is 3.20. The first kappa shape index (κ1) is 16.0. The molecule has 0 saturated carbocycles. The van der Waals surface area contributed by atoms with Crippen LogP contribution in [0.1, 0.15) is 5.56 Å². The number of nitrogens with one attached hydrogen (secondary N) is 1. The van der Waals surface area contributed by atoms with E-state index in [0.29, 0.717) is 0 Å². The number of imidazole rings is 1. The number of halogens is 1. The van der Waals surface area contributed by atoms with Crippen LogP contribution in [0.2, 0.25) is 0 Å².